The first-order chi connectivity index (χ1) is 19.1. The average Bonchev–Trinajstić information content (AvgIpc) is 2.92. The van der Waals surface area contributed by atoms with E-state index in [9.17, 15) is 29.4 Å². The second-order valence-corrected chi connectivity index (χ2v) is 7.92. The van der Waals surface area contributed by atoms with Crippen LogP contribution in [0.5, 0.6) is 11.5 Å². The number of anilines is 4. The topological polar surface area (TPSA) is 203 Å². The summed E-state index contributed by atoms with van der Waals surface area (Å²) in [6, 6.07) is 23.6. The van der Waals surface area contributed by atoms with E-state index in [-0.39, 0.29) is 42.0 Å². The summed E-state index contributed by atoms with van der Waals surface area (Å²) < 4.78 is 0. The maximum Gasteiger partial charge on any atom is 2.00 e. The van der Waals surface area contributed by atoms with Gasteiger partial charge < -0.3 is 41.7 Å². The van der Waals surface area contributed by atoms with Crippen molar-refractivity contribution in [2.24, 2.45) is 0 Å². The number of hydrogen-bond acceptors (Lipinski definition) is 6. The molecule has 0 aliphatic heterocycles. The molecule has 12 nitrogen and oxygen atoms in total. The molecular formula is C28H22N4O8Zn. The van der Waals surface area contributed by atoms with E-state index in [4.69, 9.17) is 10.2 Å². The molecule has 0 spiro atoms. The van der Waals surface area contributed by atoms with Gasteiger partial charge in [-0.3, -0.25) is 0 Å². The van der Waals surface area contributed by atoms with Crippen molar-refractivity contribution in [2.45, 2.75) is 0 Å². The van der Waals surface area contributed by atoms with Gasteiger partial charge in [0.1, 0.15) is 0 Å². The Morgan fingerprint density at radius 1 is 0.488 bits per heavy atom. The van der Waals surface area contributed by atoms with Crippen molar-refractivity contribution in [3.63, 3.8) is 0 Å². The molecule has 41 heavy (non-hydrogen) atoms. The molecule has 204 valence electrons. The summed E-state index contributed by atoms with van der Waals surface area (Å²) in [5.41, 5.74) is 0.892. The Bertz CT molecular complexity index is 1400. The first-order valence-electron chi connectivity index (χ1n) is 11.5. The number of hydrogen-bond donors (Lipinski definition) is 6. The van der Waals surface area contributed by atoms with E-state index in [1.54, 1.807) is 48.5 Å². The molecule has 13 heteroatoms. The number of carbonyl (C=O) groups excluding carboxylic acids is 2. The fourth-order valence-corrected chi connectivity index (χ4v) is 3.18. The van der Waals surface area contributed by atoms with Crippen molar-refractivity contribution < 1.29 is 59.1 Å². The van der Waals surface area contributed by atoms with Gasteiger partial charge in [-0.25, -0.2) is 19.2 Å². The quantitative estimate of drug-likeness (QED) is 0.175. The minimum Gasteiger partial charge on any atom is -0.872 e. The predicted molar refractivity (Wildman–Crippen MR) is 144 cm³/mol. The fraction of sp³-hybridized carbons (Fsp3) is 0. The van der Waals surface area contributed by atoms with Crippen molar-refractivity contribution in [1.82, 2.24) is 0 Å². The second kappa shape index (κ2) is 15.2. The molecule has 0 aliphatic rings. The van der Waals surface area contributed by atoms with Gasteiger partial charge >= 0.3 is 43.5 Å². The molecule has 0 saturated carbocycles. The van der Waals surface area contributed by atoms with E-state index >= 15 is 0 Å². The van der Waals surface area contributed by atoms with Crippen LogP contribution in [0, 0.1) is 0 Å². The number of carboxylic acid groups (broad SMARTS) is 2. The van der Waals surface area contributed by atoms with Crippen molar-refractivity contribution in [3.05, 3.63) is 108 Å². The number of benzene rings is 4. The maximum absolute atomic E-state index is 11.7. The molecule has 4 amide bonds. The molecule has 0 radical (unpaired) electrons. The van der Waals surface area contributed by atoms with Crippen LogP contribution in [0.25, 0.3) is 0 Å². The summed E-state index contributed by atoms with van der Waals surface area (Å²) in [5.74, 6) is -3.87. The largest absolute Gasteiger partial charge is 2.00 e. The Hall–Kier alpha value is -5.42. The fourth-order valence-electron chi connectivity index (χ4n) is 3.18. The SMILES string of the molecule is O=C(Nc1ccccc1)Nc1ccc([O-])c(C(=O)O)c1.O=C(Nc1ccccc1)Nc1ccc([O-])c(C(=O)O)c1.[Zn+2]. The third kappa shape index (κ3) is 10.0. The number of amides is 4. The van der Waals surface area contributed by atoms with Crippen molar-refractivity contribution in [1.29, 1.82) is 0 Å². The van der Waals surface area contributed by atoms with Crippen molar-refractivity contribution in [2.75, 3.05) is 21.3 Å². The zero-order chi connectivity index (χ0) is 29.1. The van der Waals surface area contributed by atoms with Crippen LogP contribution < -0.4 is 31.5 Å². The predicted octanol–water partition coefficient (Wildman–Crippen LogP) is 4.20. The first kappa shape index (κ1) is 31.8. The van der Waals surface area contributed by atoms with Crippen molar-refractivity contribution in [3.8, 4) is 11.5 Å². The zero-order valence-corrected chi connectivity index (χ0v) is 24.3. The molecule has 6 N–H and O–H groups in total. The van der Waals surface area contributed by atoms with E-state index in [1.807, 2.05) is 12.1 Å². The number of aromatic carboxylic acids is 2. The van der Waals surface area contributed by atoms with Gasteiger partial charge in [0, 0.05) is 22.7 Å². The Balaban J connectivity index is 0.000000280. The van der Waals surface area contributed by atoms with Crippen molar-refractivity contribution >= 4 is 46.8 Å². The van der Waals surface area contributed by atoms with Gasteiger partial charge in [0.25, 0.3) is 0 Å². The summed E-state index contributed by atoms with van der Waals surface area (Å²) in [6.45, 7) is 0. The summed E-state index contributed by atoms with van der Waals surface area (Å²) in [4.78, 5) is 45.0. The van der Waals surface area contributed by atoms with E-state index < -0.39 is 35.5 Å². The molecule has 4 aromatic carbocycles. The van der Waals surface area contributed by atoms with Crippen LogP contribution in [0.15, 0.2) is 97.1 Å². The van der Waals surface area contributed by atoms with E-state index in [0.29, 0.717) is 11.4 Å². The van der Waals surface area contributed by atoms with E-state index in [0.717, 1.165) is 24.3 Å². The van der Waals surface area contributed by atoms with Gasteiger partial charge in [0.2, 0.25) is 0 Å². The minimum absolute atomic E-state index is 0. The van der Waals surface area contributed by atoms with Gasteiger partial charge in [-0.15, -0.1) is 0 Å². The Kier molecular flexibility index (Phi) is 11.8. The maximum atomic E-state index is 11.7. The molecule has 0 saturated heterocycles. The number of rotatable bonds is 6. The molecular weight excluding hydrogens is 586 g/mol. The van der Waals surface area contributed by atoms with Crippen LogP contribution in [0.4, 0.5) is 32.3 Å². The van der Waals surface area contributed by atoms with Gasteiger partial charge in [-0.05, 0) is 48.5 Å². The van der Waals surface area contributed by atoms with Crippen LogP contribution in [-0.4, -0.2) is 34.2 Å². The molecule has 4 rings (SSSR count). The minimum atomic E-state index is -1.33. The van der Waals surface area contributed by atoms with Crippen LogP contribution >= 0.6 is 0 Å². The molecule has 0 bridgehead atoms. The third-order valence-electron chi connectivity index (χ3n) is 5.00. The monoisotopic (exact) mass is 606 g/mol. The Morgan fingerprint density at radius 2 is 0.805 bits per heavy atom. The van der Waals surface area contributed by atoms with E-state index in [1.165, 1.54) is 12.1 Å². The van der Waals surface area contributed by atoms with Crippen LogP contribution in [-0.2, 0) is 19.5 Å². The summed E-state index contributed by atoms with van der Waals surface area (Å²) in [7, 11) is 0. The second-order valence-electron chi connectivity index (χ2n) is 7.92. The number of urea groups is 2. The summed E-state index contributed by atoms with van der Waals surface area (Å²) in [6.07, 6.45) is 0. The Morgan fingerprint density at radius 3 is 1.12 bits per heavy atom. The number of para-hydroxylation sites is 2. The average molecular weight is 608 g/mol. The zero-order valence-electron chi connectivity index (χ0n) is 21.3. The normalized spacial score (nSPS) is 9.56. The molecule has 4 aromatic rings. The molecule has 0 heterocycles. The van der Waals surface area contributed by atoms with E-state index in [2.05, 4.69) is 21.3 Å². The molecule has 0 aliphatic carbocycles. The van der Waals surface area contributed by atoms with Gasteiger partial charge in [-0.1, -0.05) is 60.0 Å². The number of carboxylic acids is 2. The molecule has 0 unspecified atom stereocenters. The van der Waals surface area contributed by atoms with Crippen LogP contribution in [0.2, 0.25) is 0 Å². The first-order valence-corrected chi connectivity index (χ1v) is 11.5. The molecule has 0 fully saturated rings. The van der Waals surface area contributed by atoms with Crippen LogP contribution in [0.1, 0.15) is 20.7 Å². The summed E-state index contributed by atoms with van der Waals surface area (Å²) in [5, 5.41) is 50.3. The Labute approximate surface area is 246 Å². The third-order valence-corrected chi connectivity index (χ3v) is 5.00. The molecule has 0 atom stereocenters. The van der Waals surface area contributed by atoms with Crippen LogP contribution in [0.3, 0.4) is 0 Å². The number of nitrogens with one attached hydrogen (secondary N) is 4. The van der Waals surface area contributed by atoms with Gasteiger partial charge in [0.05, 0.1) is 11.1 Å². The standard InChI is InChI=1S/2C14H12N2O4.Zn/c2*17-12-7-6-10(8-11(12)13(18)19)16-14(20)15-9-4-2-1-3-5-9;/h2*1-8,17H,(H,18,19)(H2,15,16,20);/q;;+2/p-2. The number of carbonyl (C=O) groups is 4. The smallest absolute Gasteiger partial charge is 0.872 e. The summed E-state index contributed by atoms with van der Waals surface area (Å²) >= 11 is 0. The van der Waals surface area contributed by atoms with Gasteiger partial charge in [0.15, 0.2) is 0 Å². The molecule has 0 aromatic heterocycles. The van der Waals surface area contributed by atoms with Gasteiger partial charge in [-0.2, -0.15) is 0 Å².